The Morgan fingerprint density at radius 2 is 2.15 bits per heavy atom. The molecule has 2 N–H and O–H groups in total. The minimum atomic E-state index is -1.41. The normalized spacial score (nSPS) is 52.2. The van der Waals surface area contributed by atoms with Gasteiger partial charge in [0.25, 0.3) is 5.91 Å². The van der Waals surface area contributed by atoms with E-state index in [2.05, 4.69) is 17.1 Å². The van der Waals surface area contributed by atoms with Gasteiger partial charge < -0.3 is 15.2 Å². The highest BCUT2D eigenvalue weighted by Crippen LogP contribution is 2.87. The molecule has 6 nitrogen and oxygen atoms in total. The lowest BCUT2D eigenvalue weighted by Gasteiger charge is -2.29. The summed E-state index contributed by atoms with van der Waals surface area (Å²) in [7, 11) is 0. The smallest absolute Gasteiger partial charge is 0.293 e. The molecular weight excluding hydrogens is 256 g/mol. The van der Waals surface area contributed by atoms with Crippen molar-refractivity contribution in [2.45, 2.75) is 45.6 Å². The van der Waals surface area contributed by atoms with Crippen molar-refractivity contribution in [3.63, 3.8) is 0 Å². The van der Waals surface area contributed by atoms with Gasteiger partial charge in [-0.15, -0.1) is 0 Å². The number of rotatable bonds is 2. The summed E-state index contributed by atoms with van der Waals surface area (Å²) in [4.78, 5) is 4.27. The van der Waals surface area contributed by atoms with Gasteiger partial charge in [-0.2, -0.15) is 10.5 Å². The molecule has 0 aromatic heterocycles. The second-order valence-electron chi connectivity index (χ2n) is 6.12. The second kappa shape index (κ2) is 3.52. The Kier molecular flexibility index (Phi) is 2.35. The van der Waals surface area contributed by atoms with Crippen molar-refractivity contribution < 1.29 is 9.47 Å². The van der Waals surface area contributed by atoms with E-state index in [-0.39, 0.29) is 11.9 Å². The number of nitrogens with two attached hydrogens (primary N) is 1. The summed E-state index contributed by atoms with van der Waals surface area (Å²) in [6.45, 7) is 6.15. The first-order chi connectivity index (χ1) is 9.41. The fourth-order valence-corrected chi connectivity index (χ4v) is 4.41. The van der Waals surface area contributed by atoms with Gasteiger partial charge in [-0.1, -0.05) is 20.3 Å². The first-order valence-electron chi connectivity index (χ1n) is 6.91. The van der Waals surface area contributed by atoms with Gasteiger partial charge in [0.05, 0.1) is 24.8 Å². The van der Waals surface area contributed by atoms with Gasteiger partial charge in [0.15, 0.2) is 5.41 Å². The van der Waals surface area contributed by atoms with E-state index < -0.39 is 22.2 Å². The minimum Gasteiger partial charge on any atom is -0.386 e. The van der Waals surface area contributed by atoms with Crippen molar-refractivity contribution >= 4 is 5.84 Å². The number of fused-ring (bicyclic) bond motifs is 2. The van der Waals surface area contributed by atoms with Crippen molar-refractivity contribution in [2.75, 3.05) is 6.61 Å². The molecule has 2 fully saturated rings. The second-order valence-corrected chi connectivity index (χ2v) is 6.12. The van der Waals surface area contributed by atoms with Gasteiger partial charge >= 0.3 is 0 Å². The summed E-state index contributed by atoms with van der Waals surface area (Å²) in [5.74, 6) is -1.24. The van der Waals surface area contributed by atoms with Crippen LogP contribution in [0.1, 0.15) is 33.6 Å². The summed E-state index contributed by atoms with van der Waals surface area (Å²) in [6, 6.07) is 4.56. The molecule has 3 aliphatic rings. The molecule has 0 aromatic rings. The number of amidine groups is 1. The lowest BCUT2D eigenvalue weighted by Crippen LogP contribution is -2.41. The maximum Gasteiger partial charge on any atom is 0.293 e. The minimum absolute atomic E-state index is 0.169. The van der Waals surface area contributed by atoms with Crippen molar-refractivity contribution in [1.29, 1.82) is 10.5 Å². The third-order valence-electron chi connectivity index (χ3n) is 5.24. The highest BCUT2D eigenvalue weighted by molar-refractivity contribution is 6.00. The molecule has 1 aliphatic carbocycles. The number of ether oxygens (including phenoxy) is 2. The van der Waals surface area contributed by atoms with Crippen LogP contribution in [0.15, 0.2) is 4.99 Å². The zero-order chi connectivity index (χ0) is 14.8. The summed E-state index contributed by atoms with van der Waals surface area (Å²) in [5.41, 5.74) is 3.21. The Hall–Kier alpha value is -1.63. The van der Waals surface area contributed by atoms with E-state index in [0.717, 1.165) is 6.42 Å². The van der Waals surface area contributed by atoms with Gasteiger partial charge in [0.1, 0.15) is 11.3 Å². The summed E-state index contributed by atoms with van der Waals surface area (Å²) in [5, 5.41) is 19.6. The molecule has 2 heterocycles. The lowest BCUT2D eigenvalue weighted by atomic mass is 9.87. The largest absolute Gasteiger partial charge is 0.386 e. The van der Waals surface area contributed by atoms with Crippen LogP contribution in [0.5, 0.6) is 0 Å². The molecule has 2 aliphatic heterocycles. The summed E-state index contributed by atoms with van der Waals surface area (Å²) in [6.07, 6.45) is 1.38. The monoisotopic (exact) mass is 274 g/mol. The highest BCUT2D eigenvalue weighted by Gasteiger charge is 2.99. The molecule has 0 bridgehead atoms. The van der Waals surface area contributed by atoms with Gasteiger partial charge in [-0.05, 0) is 13.3 Å². The fraction of sp³-hybridized carbons (Fsp3) is 0.786. The lowest BCUT2D eigenvalue weighted by molar-refractivity contribution is -0.200. The Morgan fingerprint density at radius 3 is 2.60 bits per heavy atom. The third-order valence-corrected chi connectivity index (χ3v) is 5.24. The van der Waals surface area contributed by atoms with Gasteiger partial charge in [-0.25, -0.2) is 4.99 Å². The Balaban J connectivity index is 2.21. The highest BCUT2D eigenvalue weighted by atomic mass is 16.8. The van der Waals surface area contributed by atoms with Crippen LogP contribution in [0.3, 0.4) is 0 Å². The molecule has 0 aromatic carbocycles. The quantitative estimate of drug-likeness (QED) is 0.816. The van der Waals surface area contributed by atoms with Crippen LogP contribution in [-0.4, -0.2) is 24.5 Å². The average molecular weight is 274 g/mol. The molecule has 1 spiro atoms. The molecule has 106 valence electrons. The van der Waals surface area contributed by atoms with Crippen LogP contribution in [0.2, 0.25) is 0 Å². The number of aliphatic imine (C=N–C) groups is 1. The predicted molar refractivity (Wildman–Crippen MR) is 70.0 cm³/mol. The molecule has 0 amide bonds. The standard InChI is InChI=1S/C14H18N4O2/c1-4-5-11(3)12(7-15)10(17)18-14(13(11,12)8-16)19-6-9(2)20-14/h9H,4-6H2,1-3H3,(H2,17,18)/t9-,11+,12-,13+,14+/m0/s1. The molecule has 0 radical (unpaired) electrons. The first-order valence-corrected chi connectivity index (χ1v) is 6.91. The first kappa shape index (κ1) is 13.4. The maximum atomic E-state index is 9.87. The number of nitrogens with zero attached hydrogens (tertiary/aromatic N) is 3. The van der Waals surface area contributed by atoms with E-state index in [1.807, 2.05) is 20.8 Å². The van der Waals surface area contributed by atoms with Gasteiger partial charge in [0.2, 0.25) is 0 Å². The van der Waals surface area contributed by atoms with Crippen LogP contribution in [-0.2, 0) is 9.47 Å². The fourth-order valence-electron chi connectivity index (χ4n) is 4.41. The van der Waals surface area contributed by atoms with Crippen molar-refractivity contribution in [3.05, 3.63) is 0 Å². The van der Waals surface area contributed by atoms with E-state index in [1.54, 1.807) is 0 Å². The van der Waals surface area contributed by atoms with Crippen LogP contribution >= 0.6 is 0 Å². The molecule has 1 saturated heterocycles. The van der Waals surface area contributed by atoms with Crippen molar-refractivity contribution in [3.8, 4) is 12.1 Å². The average Bonchev–Trinajstić information content (AvgIpc) is 2.62. The SMILES string of the molecule is CCC[C@]1(C)[C@]2(C#N)C(N)=N[C@@]3(OC[C@H](C)O3)[C@]12C#N. The zero-order valence-electron chi connectivity index (χ0n) is 11.9. The molecule has 0 unspecified atom stereocenters. The number of hydrogen-bond acceptors (Lipinski definition) is 6. The van der Waals surface area contributed by atoms with E-state index in [9.17, 15) is 10.5 Å². The third kappa shape index (κ3) is 0.933. The summed E-state index contributed by atoms with van der Waals surface area (Å²) >= 11 is 0. The van der Waals surface area contributed by atoms with E-state index >= 15 is 0 Å². The van der Waals surface area contributed by atoms with E-state index in [0.29, 0.717) is 13.0 Å². The molecule has 20 heavy (non-hydrogen) atoms. The van der Waals surface area contributed by atoms with Crippen molar-refractivity contribution in [2.24, 2.45) is 27.0 Å². The van der Waals surface area contributed by atoms with Crippen LogP contribution in [0.25, 0.3) is 0 Å². The van der Waals surface area contributed by atoms with Gasteiger partial charge in [0, 0.05) is 5.41 Å². The zero-order valence-corrected chi connectivity index (χ0v) is 11.9. The Morgan fingerprint density at radius 1 is 1.45 bits per heavy atom. The molecule has 3 rings (SSSR count). The number of hydrogen-bond donors (Lipinski definition) is 1. The van der Waals surface area contributed by atoms with E-state index in [1.165, 1.54) is 0 Å². The van der Waals surface area contributed by atoms with Crippen LogP contribution < -0.4 is 5.73 Å². The van der Waals surface area contributed by atoms with Crippen LogP contribution in [0.4, 0.5) is 0 Å². The van der Waals surface area contributed by atoms with E-state index in [4.69, 9.17) is 15.2 Å². The molecule has 1 saturated carbocycles. The molecular formula is C14H18N4O2. The van der Waals surface area contributed by atoms with Gasteiger partial charge in [-0.3, -0.25) is 0 Å². The maximum absolute atomic E-state index is 9.87. The van der Waals surface area contributed by atoms with Crippen molar-refractivity contribution in [1.82, 2.24) is 0 Å². The molecule has 5 atom stereocenters. The molecule has 6 heteroatoms. The summed E-state index contributed by atoms with van der Waals surface area (Å²) < 4.78 is 11.6. The topological polar surface area (TPSA) is 104 Å². The Labute approximate surface area is 118 Å². The van der Waals surface area contributed by atoms with Crippen LogP contribution in [0, 0.1) is 38.9 Å². The number of nitriles is 2. The Bertz CT molecular complexity index is 591. The predicted octanol–water partition coefficient (Wildman–Crippen LogP) is 1.29.